The van der Waals surface area contributed by atoms with Crippen molar-refractivity contribution >= 4 is 15.9 Å². The Morgan fingerprint density at radius 3 is 2.25 bits per heavy atom. The normalized spacial score (nSPS) is 20.1. The molecule has 0 aliphatic carbocycles. The average Bonchev–Trinajstić information content (AvgIpc) is 2.45. The minimum absolute atomic E-state index is 0.0441. The van der Waals surface area contributed by atoms with Gasteiger partial charge in [0.25, 0.3) is 0 Å². The van der Waals surface area contributed by atoms with Gasteiger partial charge in [-0.25, -0.2) is 8.42 Å². The van der Waals surface area contributed by atoms with Crippen LogP contribution in [0.2, 0.25) is 0 Å². The predicted molar refractivity (Wildman–Crippen MR) is 92.3 cm³/mol. The van der Waals surface area contributed by atoms with Crippen LogP contribution in [0, 0.1) is 13.8 Å². The molecule has 1 saturated heterocycles. The standard InChI is InChI=1S/C17H26N2O4S/c1-11-8-13(17(3,4)5)9-12(2)15(11)24(21,22)19-6-7-23-14(10-19)16(18)20/h8-9,14H,6-7,10H2,1-5H3,(H2,18,20)/t14-/m0/s1. The topological polar surface area (TPSA) is 89.7 Å². The van der Waals surface area contributed by atoms with E-state index in [2.05, 4.69) is 20.8 Å². The Balaban J connectivity index is 2.45. The van der Waals surface area contributed by atoms with Gasteiger partial charge in [0.05, 0.1) is 11.5 Å². The second-order valence-electron chi connectivity index (χ2n) is 7.31. The van der Waals surface area contributed by atoms with E-state index in [1.807, 2.05) is 12.1 Å². The first-order chi connectivity index (χ1) is 10.9. The lowest BCUT2D eigenvalue weighted by Gasteiger charge is -2.32. The Labute approximate surface area is 144 Å². The van der Waals surface area contributed by atoms with Gasteiger partial charge in [0, 0.05) is 13.1 Å². The summed E-state index contributed by atoms with van der Waals surface area (Å²) >= 11 is 0. The molecule has 0 spiro atoms. The number of rotatable bonds is 3. The smallest absolute Gasteiger partial charge is 0.247 e. The van der Waals surface area contributed by atoms with Crippen molar-refractivity contribution in [3.05, 3.63) is 28.8 Å². The summed E-state index contributed by atoms with van der Waals surface area (Å²) in [5, 5.41) is 0. The summed E-state index contributed by atoms with van der Waals surface area (Å²) in [5.74, 6) is -0.647. The van der Waals surface area contributed by atoms with Gasteiger partial charge in [0.2, 0.25) is 15.9 Å². The highest BCUT2D eigenvalue weighted by atomic mass is 32.2. The summed E-state index contributed by atoms with van der Waals surface area (Å²) in [6.45, 7) is 10.2. The van der Waals surface area contributed by atoms with E-state index >= 15 is 0 Å². The quantitative estimate of drug-likeness (QED) is 0.890. The second-order valence-corrected chi connectivity index (χ2v) is 9.19. The fraction of sp³-hybridized carbons (Fsp3) is 0.588. The van der Waals surface area contributed by atoms with Crippen LogP contribution >= 0.6 is 0 Å². The molecule has 1 aromatic rings. The average molecular weight is 354 g/mol. The van der Waals surface area contributed by atoms with Gasteiger partial charge >= 0.3 is 0 Å². The molecule has 0 unspecified atom stereocenters. The summed E-state index contributed by atoms with van der Waals surface area (Å²) < 4.78 is 32.7. The number of carbonyl (C=O) groups excluding carboxylic acids is 1. The van der Waals surface area contributed by atoms with Crippen molar-refractivity contribution in [1.82, 2.24) is 4.31 Å². The maximum atomic E-state index is 13.1. The predicted octanol–water partition coefficient (Wildman–Crippen LogP) is 1.48. The van der Waals surface area contributed by atoms with Crippen LogP contribution < -0.4 is 5.73 Å². The minimum Gasteiger partial charge on any atom is -0.367 e. The largest absolute Gasteiger partial charge is 0.367 e. The zero-order valence-corrected chi connectivity index (χ0v) is 15.7. The Hall–Kier alpha value is -1.44. The Morgan fingerprint density at radius 2 is 1.79 bits per heavy atom. The lowest BCUT2D eigenvalue weighted by molar-refractivity contribution is -0.132. The third kappa shape index (κ3) is 3.63. The highest BCUT2D eigenvalue weighted by molar-refractivity contribution is 7.89. The second kappa shape index (κ2) is 6.46. The lowest BCUT2D eigenvalue weighted by Crippen LogP contribution is -2.50. The SMILES string of the molecule is Cc1cc(C(C)(C)C)cc(C)c1S(=O)(=O)N1CCO[C@H](C(N)=O)C1. The number of morpholine rings is 1. The number of nitrogens with two attached hydrogens (primary N) is 1. The summed E-state index contributed by atoms with van der Waals surface area (Å²) in [7, 11) is -3.71. The third-order valence-corrected chi connectivity index (χ3v) is 6.44. The van der Waals surface area contributed by atoms with E-state index in [9.17, 15) is 13.2 Å². The Bertz CT molecular complexity index is 727. The number of aryl methyl sites for hydroxylation is 2. The van der Waals surface area contributed by atoms with E-state index in [-0.39, 0.29) is 25.1 Å². The summed E-state index contributed by atoms with van der Waals surface area (Å²) in [6.07, 6.45) is -0.900. The van der Waals surface area contributed by atoms with Crippen LogP contribution in [0.25, 0.3) is 0 Å². The number of benzene rings is 1. The van der Waals surface area contributed by atoms with Gasteiger partial charge in [-0.3, -0.25) is 4.79 Å². The Kier molecular flexibility index (Phi) is 5.09. The van der Waals surface area contributed by atoms with Crippen molar-refractivity contribution < 1.29 is 17.9 Å². The van der Waals surface area contributed by atoms with E-state index in [0.29, 0.717) is 16.0 Å². The van der Waals surface area contributed by atoms with Crippen molar-refractivity contribution in [3.63, 3.8) is 0 Å². The van der Waals surface area contributed by atoms with E-state index in [1.54, 1.807) is 13.8 Å². The molecule has 7 heteroatoms. The molecule has 24 heavy (non-hydrogen) atoms. The van der Waals surface area contributed by atoms with E-state index in [4.69, 9.17) is 10.5 Å². The molecule has 134 valence electrons. The number of sulfonamides is 1. The van der Waals surface area contributed by atoms with Crippen molar-refractivity contribution in [2.24, 2.45) is 5.73 Å². The molecular weight excluding hydrogens is 328 g/mol. The van der Waals surface area contributed by atoms with Gasteiger partial charge in [0.1, 0.15) is 6.10 Å². The summed E-state index contributed by atoms with van der Waals surface area (Å²) in [6, 6.07) is 3.85. The number of ether oxygens (including phenoxy) is 1. The number of nitrogens with zero attached hydrogens (tertiary/aromatic N) is 1. The Morgan fingerprint density at radius 1 is 1.25 bits per heavy atom. The number of hydrogen-bond donors (Lipinski definition) is 1. The van der Waals surface area contributed by atoms with Gasteiger partial charge in [0.15, 0.2) is 0 Å². The molecule has 2 N–H and O–H groups in total. The first-order valence-electron chi connectivity index (χ1n) is 7.97. The fourth-order valence-electron chi connectivity index (χ4n) is 2.94. The molecule has 1 amide bonds. The van der Waals surface area contributed by atoms with Crippen LogP contribution in [0.3, 0.4) is 0 Å². The molecule has 0 radical (unpaired) electrons. The number of amides is 1. The zero-order valence-electron chi connectivity index (χ0n) is 14.9. The molecule has 0 saturated carbocycles. The molecule has 2 rings (SSSR count). The molecular formula is C17H26N2O4S. The van der Waals surface area contributed by atoms with E-state index < -0.39 is 22.0 Å². The van der Waals surface area contributed by atoms with Gasteiger partial charge in [-0.05, 0) is 36.0 Å². The van der Waals surface area contributed by atoms with Gasteiger partial charge in [-0.1, -0.05) is 32.9 Å². The van der Waals surface area contributed by atoms with E-state index in [0.717, 1.165) is 5.56 Å². The zero-order chi connectivity index (χ0) is 18.3. The molecule has 1 atom stereocenters. The van der Waals surface area contributed by atoms with Gasteiger partial charge in [-0.15, -0.1) is 0 Å². The number of primary amides is 1. The fourth-order valence-corrected chi connectivity index (χ4v) is 4.77. The number of hydrogen-bond acceptors (Lipinski definition) is 4. The van der Waals surface area contributed by atoms with Crippen LogP contribution in [0.5, 0.6) is 0 Å². The summed E-state index contributed by atoms with van der Waals surface area (Å²) in [4.78, 5) is 11.6. The number of carbonyl (C=O) groups is 1. The molecule has 1 aliphatic rings. The molecule has 1 fully saturated rings. The van der Waals surface area contributed by atoms with Crippen molar-refractivity contribution in [2.45, 2.75) is 51.0 Å². The maximum Gasteiger partial charge on any atom is 0.247 e. The van der Waals surface area contributed by atoms with Gasteiger partial charge in [-0.2, -0.15) is 4.31 Å². The van der Waals surface area contributed by atoms with Crippen LogP contribution in [0.4, 0.5) is 0 Å². The van der Waals surface area contributed by atoms with Crippen molar-refractivity contribution in [2.75, 3.05) is 19.7 Å². The van der Waals surface area contributed by atoms with Crippen LogP contribution in [0.1, 0.15) is 37.5 Å². The molecule has 1 aromatic carbocycles. The lowest BCUT2D eigenvalue weighted by atomic mass is 9.85. The maximum absolute atomic E-state index is 13.1. The molecule has 0 aromatic heterocycles. The van der Waals surface area contributed by atoms with E-state index in [1.165, 1.54) is 4.31 Å². The summed E-state index contributed by atoms with van der Waals surface area (Å²) in [5.41, 5.74) is 7.70. The molecule has 1 heterocycles. The highest BCUT2D eigenvalue weighted by Crippen LogP contribution is 2.31. The van der Waals surface area contributed by atoms with Crippen LogP contribution in [0.15, 0.2) is 17.0 Å². The third-order valence-electron chi connectivity index (χ3n) is 4.27. The first kappa shape index (κ1) is 18.9. The van der Waals surface area contributed by atoms with Crippen LogP contribution in [-0.2, 0) is 25.0 Å². The van der Waals surface area contributed by atoms with Crippen molar-refractivity contribution in [1.29, 1.82) is 0 Å². The highest BCUT2D eigenvalue weighted by Gasteiger charge is 2.35. The van der Waals surface area contributed by atoms with Crippen LogP contribution in [-0.4, -0.2) is 44.4 Å². The van der Waals surface area contributed by atoms with Gasteiger partial charge < -0.3 is 10.5 Å². The molecule has 0 bridgehead atoms. The first-order valence-corrected chi connectivity index (χ1v) is 9.41. The molecule has 6 nitrogen and oxygen atoms in total. The monoisotopic (exact) mass is 354 g/mol. The minimum atomic E-state index is -3.71. The molecule has 1 aliphatic heterocycles. The van der Waals surface area contributed by atoms with Crippen molar-refractivity contribution in [3.8, 4) is 0 Å².